The van der Waals surface area contributed by atoms with Crippen molar-refractivity contribution < 1.29 is 9.90 Å². The lowest BCUT2D eigenvalue weighted by Gasteiger charge is -2.60. The Balaban J connectivity index is 1.60. The highest BCUT2D eigenvalue weighted by Gasteiger charge is 2.64. The van der Waals surface area contributed by atoms with Crippen LogP contribution in [0.3, 0.4) is 0 Å². The molecule has 0 radical (unpaired) electrons. The summed E-state index contributed by atoms with van der Waals surface area (Å²) in [4.78, 5) is 11.9. The minimum Gasteiger partial charge on any atom is -0.377 e. The van der Waals surface area contributed by atoms with Crippen LogP contribution in [0.15, 0.2) is 0 Å². The van der Waals surface area contributed by atoms with Gasteiger partial charge in [0, 0.05) is 29.6 Å². The number of hydrogen-bond donors (Lipinski definition) is 2. The Labute approximate surface area is 166 Å². The zero-order valence-corrected chi connectivity index (χ0v) is 17.7. The average molecular weight is 422 g/mol. The Morgan fingerprint density at radius 3 is 2.69 bits per heavy atom. The van der Waals surface area contributed by atoms with Gasteiger partial charge >= 0.3 is 0 Å². The number of carbonyl (C=O) groups excluding carboxylic acids is 1. The molecule has 3 saturated carbocycles. The van der Waals surface area contributed by atoms with Crippen molar-refractivity contribution in [1.29, 1.82) is 0 Å². The van der Waals surface area contributed by atoms with E-state index in [9.17, 15) is 9.90 Å². The number of amides is 1. The highest BCUT2D eigenvalue weighted by atomic mass is 79.9. The standard InChI is InChI=1S/C22H32BrNO2/c1-20-11-9-19(25)24-18(20)6-5-15-16(20)7-12-21(2)17(15)8-13-22(21,26)10-3-4-14-23/h15-18,26H,4-9,11-14H2,1-2H3,(H,24,25)/t15-,16+,17+,18-,20-,21+,22+/m1/s1. The molecule has 2 N–H and O–H groups in total. The van der Waals surface area contributed by atoms with E-state index in [0.717, 1.165) is 43.9 Å². The Morgan fingerprint density at radius 1 is 1.15 bits per heavy atom. The number of fused-ring (bicyclic) bond motifs is 5. The number of piperidine rings is 1. The van der Waals surface area contributed by atoms with Crippen LogP contribution >= 0.6 is 15.9 Å². The first-order valence-electron chi connectivity index (χ1n) is 10.4. The number of nitrogens with one attached hydrogen (secondary N) is 1. The number of carbonyl (C=O) groups is 1. The lowest BCUT2D eigenvalue weighted by molar-refractivity contribution is -0.142. The molecule has 0 spiro atoms. The van der Waals surface area contributed by atoms with Gasteiger partial charge in [-0.1, -0.05) is 41.6 Å². The zero-order valence-electron chi connectivity index (χ0n) is 16.1. The predicted octanol–water partition coefficient (Wildman–Crippen LogP) is 4.03. The van der Waals surface area contributed by atoms with Gasteiger partial charge in [0.15, 0.2) is 0 Å². The summed E-state index contributed by atoms with van der Waals surface area (Å²) in [5, 5.41) is 15.6. The molecule has 3 aliphatic carbocycles. The molecular formula is C22H32BrNO2. The smallest absolute Gasteiger partial charge is 0.220 e. The van der Waals surface area contributed by atoms with E-state index in [1.165, 1.54) is 12.8 Å². The first-order valence-corrected chi connectivity index (χ1v) is 11.5. The van der Waals surface area contributed by atoms with Crippen LogP contribution in [0.5, 0.6) is 0 Å². The molecule has 4 rings (SSSR count). The van der Waals surface area contributed by atoms with Crippen molar-refractivity contribution in [2.45, 2.75) is 83.3 Å². The maximum atomic E-state index is 11.9. The summed E-state index contributed by atoms with van der Waals surface area (Å²) in [6.45, 7) is 4.73. The normalized spacial score (nSPS) is 49.9. The van der Waals surface area contributed by atoms with Crippen molar-refractivity contribution in [1.82, 2.24) is 5.32 Å². The molecule has 0 aromatic rings. The number of rotatable bonds is 1. The lowest BCUT2D eigenvalue weighted by atomic mass is 9.46. The van der Waals surface area contributed by atoms with Gasteiger partial charge in [0.05, 0.1) is 0 Å². The fourth-order valence-electron chi connectivity index (χ4n) is 7.18. The first kappa shape index (κ1) is 18.8. The molecule has 1 saturated heterocycles. The Bertz CT molecular complexity index is 654. The van der Waals surface area contributed by atoms with Gasteiger partial charge in [0.25, 0.3) is 0 Å². The molecule has 7 atom stereocenters. The molecule has 0 bridgehead atoms. The Morgan fingerprint density at radius 2 is 1.92 bits per heavy atom. The molecule has 1 heterocycles. The summed E-state index contributed by atoms with van der Waals surface area (Å²) in [5.74, 6) is 8.66. The van der Waals surface area contributed by atoms with Crippen LogP contribution in [0.1, 0.15) is 71.6 Å². The van der Waals surface area contributed by atoms with E-state index in [1.54, 1.807) is 0 Å². The zero-order chi connectivity index (χ0) is 18.6. The van der Waals surface area contributed by atoms with Crippen molar-refractivity contribution in [3.8, 4) is 11.8 Å². The van der Waals surface area contributed by atoms with Gasteiger partial charge in [0.2, 0.25) is 5.91 Å². The van der Waals surface area contributed by atoms with E-state index >= 15 is 0 Å². The average Bonchev–Trinajstić information content (AvgIpc) is 2.87. The predicted molar refractivity (Wildman–Crippen MR) is 107 cm³/mol. The minimum atomic E-state index is -0.816. The molecule has 0 unspecified atom stereocenters. The van der Waals surface area contributed by atoms with Crippen LogP contribution in [0.4, 0.5) is 0 Å². The van der Waals surface area contributed by atoms with E-state index in [4.69, 9.17) is 0 Å². The molecule has 144 valence electrons. The van der Waals surface area contributed by atoms with E-state index in [0.29, 0.717) is 30.2 Å². The van der Waals surface area contributed by atoms with Crippen molar-refractivity contribution in [2.24, 2.45) is 28.6 Å². The van der Waals surface area contributed by atoms with Gasteiger partial charge < -0.3 is 10.4 Å². The third-order valence-electron chi connectivity index (χ3n) is 8.76. The second-order valence-corrected chi connectivity index (χ2v) is 10.5. The summed E-state index contributed by atoms with van der Waals surface area (Å²) in [5.41, 5.74) is -0.654. The van der Waals surface area contributed by atoms with Gasteiger partial charge in [-0.2, -0.15) is 0 Å². The fourth-order valence-corrected chi connectivity index (χ4v) is 7.38. The number of halogens is 1. The molecule has 1 aliphatic heterocycles. The number of hydrogen-bond acceptors (Lipinski definition) is 2. The SMILES string of the molecule is C[C@]12CCC(=O)N[C@@H]1CC[C@@H]1[C@@H]2CC[C@@]2(C)[C@H]1CC[C@@]2(O)C#CCCBr. The molecule has 3 nitrogen and oxygen atoms in total. The van der Waals surface area contributed by atoms with E-state index < -0.39 is 5.60 Å². The molecular weight excluding hydrogens is 390 g/mol. The quantitative estimate of drug-likeness (QED) is 0.495. The number of aliphatic hydroxyl groups is 1. The minimum absolute atomic E-state index is 0.0748. The third-order valence-corrected chi connectivity index (χ3v) is 9.16. The third kappa shape index (κ3) is 2.60. The van der Waals surface area contributed by atoms with E-state index in [2.05, 4.69) is 46.9 Å². The fraction of sp³-hybridized carbons (Fsp3) is 0.864. The summed E-state index contributed by atoms with van der Waals surface area (Å²) in [7, 11) is 0. The van der Waals surface area contributed by atoms with Crippen LogP contribution in [0.2, 0.25) is 0 Å². The molecule has 4 fully saturated rings. The molecule has 4 aliphatic rings. The van der Waals surface area contributed by atoms with Gasteiger partial charge in [-0.25, -0.2) is 0 Å². The highest BCUT2D eigenvalue weighted by Crippen LogP contribution is 2.66. The van der Waals surface area contributed by atoms with Crippen molar-refractivity contribution >= 4 is 21.8 Å². The summed E-state index contributed by atoms with van der Waals surface area (Å²) in [6.07, 6.45) is 8.96. The van der Waals surface area contributed by atoms with Crippen molar-refractivity contribution in [3.63, 3.8) is 0 Å². The molecule has 1 amide bonds. The van der Waals surface area contributed by atoms with Crippen LogP contribution in [-0.4, -0.2) is 28.0 Å². The second-order valence-electron chi connectivity index (χ2n) is 9.68. The van der Waals surface area contributed by atoms with Gasteiger partial charge in [0.1, 0.15) is 5.60 Å². The topological polar surface area (TPSA) is 49.3 Å². The molecule has 0 aromatic heterocycles. The van der Waals surface area contributed by atoms with E-state index in [1.807, 2.05) is 0 Å². The maximum Gasteiger partial charge on any atom is 0.220 e. The van der Waals surface area contributed by atoms with Gasteiger partial charge in [-0.05, 0) is 68.1 Å². The summed E-state index contributed by atoms with van der Waals surface area (Å²) < 4.78 is 0. The first-order chi connectivity index (χ1) is 12.3. The van der Waals surface area contributed by atoms with Crippen LogP contribution in [0.25, 0.3) is 0 Å². The second kappa shape index (κ2) is 6.52. The Hall–Kier alpha value is -0.530. The van der Waals surface area contributed by atoms with Crippen molar-refractivity contribution in [3.05, 3.63) is 0 Å². The summed E-state index contributed by atoms with van der Waals surface area (Å²) in [6, 6.07) is 0.355. The number of alkyl halides is 1. The van der Waals surface area contributed by atoms with E-state index in [-0.39, 0.29) is 16.7 Å². The van der Waals surface area contributed by atoms with Crippen LogP contribution in [-0.2, 0) is 4.79 Å². The summed E-state index contributed by atoms with van der Waals surface area (Å²) >= 11 is 3.43. The molecule has 26 heavy (non-hydrogen) atoms. The molecule has 0 aromatic carbocycles. The van der Waals surface area contributed by atoms with Gasteiger partial charge in [-0.3, -0.25) is 4.79 Å². The largest absolute Gasteiger partial charge is 0.377 e. The van der Waals surface area contributed by atoms with Crippen LogP contribution < -0.4 is 5.32 Å². The highest BCUT2D eigenvalue weighted by molar-refractivity contribution is 9.09. The van der Waals surface area contributed by atoms with Gasteiger partial charge in [-0.15, -0.1) is 0 Å². The van der Waals surface area contributed by atoms with Crippen molar-refractivity contribution in [2.75, 3.05) is 5.33 Å². The maximum absolute atomic E-state index is 11.9. The monoisotopic (exact) mass is 421 g/mol. The molecule has 4 heteroatoms. The Kier molecular flexibility index (Phi) is 4.72. The lowest BCUT2D eigenvalue weighted by Crippen LogP contribution is -2.62. The van der Waals surface area contributed by atoms with Crippen LogP contribution in [0, 0.1) is 40.4 Å².